The number of carboxylic acids is 1. The van der Waals surface area contributed by atoms with E-state index in [1.54, 1.807) is 12.1 Å². The van der Waals surface area contributed by atoms with E-state index in [0.29, 0.717) is 0 Å². The molecule has 0 saturated heterocycles. The minimum absolute atomic E-state index is 0.166. The third-order valence-corrected chi connectivity index (χ3v) is 3.40. The molecule has 0 aliphatic carbocycles. The first-order chi connectivity index (χ1) is 7.42. The van der Waals surface area contributed by atoms with E-state index in [-0.39, 0.29) is 11.3 Å². The molecule has 0 heterocycles. The van der Waals surface area contributed by atoms with Crippen molar-refractivity contribution in [3.05, 3.63) is 41.3 Å². The Labute approximate surface area is 94.1 Å². The van der Waals surface area contributed by atoms with Crippen LogP contribution in [-0.4, -0.2) is 19.5 Å². The summed E-state index contributed by atoms with van der Waals surface area (Å²) in [6.45, 7) is 1.86. The van der Waals surface area contributed by atoms with Crippen LogP contribution in [0.1, 0.15) is 12.0 Å². The molecule has 1 aromatic rings. The van der Waals surface area contributed by atoms with Crippen molar-refractivity contribution < 1.29 is 18.3 Å². The molecule has 16 heavy (non-hydrogen) atoms. The van der Waals surface area contributed by atoms with Crippen LogP contribution in [-0.2, 0) is 14.6 Å². The molecule has 0 unspecified atom stereocenters. The summed E-state index contributed by atoms with van der Waals surface area (Å²) >= 11 is 0. The standard InChI is InChI=1S/C11H12O4S/c1-9-4-6-10(7-5-9)16(14,15)8-2-3-11(12)13/h2,4-8H,3H2,1H3,(H,12,13)/b8-2+. The molecule has 1 aromatic carbocycles. The van der Waals surface area contributed by atoms with Crippen molar-refractivity contribution in [2.75, 3.05) is 0 Å². The third kappa shape index (κ3) is 3.51. The van der Waals surface area contributed by atoms with Crippen LogP contribution >= 0.6 is 0 Å². The van der Waals surface area contributed by atoms with Crippen molar-refractivity contribution in [2.24, 2.45) is 0 Å². The summed E-state index contributed by atoms with van der Waals surface area (Å²) in [5.41, 5.74) is 0.966. The fourth-order valence-electron chi connectivity index (χ4n) is 1.08. The van der Waals surface area contributed by atoms with Gasteiger partial charge >= 0.3 is 5.97 Å². The molecule has 0 aliphatic heterocycles. The van der Waals surface area contributed by atoms with E-state index in [2.05, 4.69) is 0 Å². The number of carboxylic acid groups (broad SMARTS) is 1. The molecule has 0 spiro atoms. The lowest BCUT2D eigenvalue weighted by Gasteiger charge is -1.99. The van der Waals surface area contributed by atoms with Gasteiger partial charge in [0.25, 0.3) is 0 Å². The van der Waals surface area contributed by atoms with E-state index in [1.807, 2.05) is 6.92 Å². The van der Waals surface area contributed by atoms with Gasteiger partial charge in [0.15, 0.2) is 9.84 Å². The summed E-state index contributed by atoms with van der Waals surface area (Å²) in [4.78, 5) is 10.4. The Morgan fingerprint density at radius 2 is 1.88 bits per heavy atom. The Morgan fingerprint density at radius 1 is 1.31 bits per heavy atom. The van der Waals surface area contributed by atoms with Gasteiger partial charge in [-0.3, -0.25) is 4.79 Å². The van der Waals surface area contributed by atoms with E-state index < -0.39 is 15.8 Å². The summed E-state index contributed by atoms with van der Waals surface area (Å²) in [6, 6.07) is 6.38. The smallest absolute Gasteiger partial charge is 0.307 e. The van der Waals surface area contributed by atoms with Gasteiger partial charge in [0.1, 0.15) is 0 Å². The maximum Gasteiger partial charge on any atom is 0.307 e. The van der Waals surface area contributed by atoms with Crippen molar-refractivity contribution in [1.82, 2.24) is 0 Å². The van der Waals surface area contributed by atoms with Crippen LogP contribution < -0.4 is 0 Å². The first-order valence-electron chi connectivity index (χ1n) is 4.62. The quantitative estimate of drug-likeness (QED) is 0.870. The van der Waals surface area contributed by atoms with Crippen molar-refractivity contribution in [3.8, 4) is 0 Å². The van der Waals surface area contributed by atoms with Gasteiger partial charge in [-0.05, 0) is 19.1 Å². The predicted octanol–water partition coefficient (Wildman–Crippen LogP) is 1.76. The Kier molecular flexibility index (Phi) is 3.84. The van der Waals surface area contributed by atoms with Gasteiger partial charge in [0, 0.05) is 5.41 Å². The molecule has 0 aromatic heterocycles. The Balaban J connectivity index is 2.90. The summed E-state index contributed by atoms with van der Waals surface area (Å²) in [7, 11) is -3.52. The highest BCUT2D eigenvalue weighted by Gasteiger charge is 2.09. The minimum atomic E-state index is -3.52. The second-order valence-electron chi connectivity index (χ2n) is 3.33. The largest absolute Gasteiger partial charge is 0.481 e. The van der Waals surface area contributed by atoms with Crippen LogP contribution in [0.4, 0.5) is 0 Å². The van der Waals surface area contributed by atoms with Crippen LogP contribution in [0.25, 0.3) is 0 Å². The van der Waals surface area contributed by atoms with Gasteiger partial charge in [-0.15, -0.1) is 0 Å². The summed E-state index contributed by atoms with van der Waals surface area (Å²) in [6.07, 6.45) is 0.822. The summed E-state index contributed by atoms with van der Waals surface area (Å²) < 4.78 is 23.3. The molecular formula is C11H12O4S. The van der Waals surface area contributed by atoms with E-state index in [9.17, 15) is 13.2 Å². The molecule has 0 saturated carbocycles. The van der Waals surface area contributed by atoms with Crippen molar-refractivity contribution in [3.63, 3.8) is 0 Å². The number of aliphatic carboxylic acids is 1. The molecular weight excluding hydrogens is 228 g/mol. The van der Waals surface area contributed by atoms with Gasteiger partial charge in [0.05, 0.1) is 11.3 Å². The molecule has 0 bridgehead atoms. The molecule has 0 atom stereocenters. The number of carbonyl (C=O) groups is 1. The minimum Gasteiger partial charge on any atom is -0.481 e. The van der Waals surface area contributed by atoms with Crippen LogP contribution in [0.2, 0.25) is 0 Å². The molecule has 1 rings (SSSR count). The molecule has 5 heteroatoms. The average Bonchev–Trinajstić information content (AvgIpc) is 2.17. The first kappa shape index (κ1) is 12.4. The van der Waals surface area contributed by atoms with E-state index in [0.717, 1.165) is 17.0 Å². The highest BCUT2D eigenvalue weighted by Crippen LogP contribution is 2.13. The topological polar surface area (TPSA) is 71.4 Å². The second-order valence-corrected chi connectivity index (χ2v) is 5.16. The van der Waals surface area contributed by atoms with Crippen LogP contribution in [0.15, 0.2) is 40.6 Å². The maximum absolute atomic E-state index is 11.6. The summed E-state index contributed by atoms with van der Waals surface area (Å²) in [5.74, 6) is -1.06. The van der Waals surface area contributed by atoms with E-state index in [1.165, 1.54) is 12.1 Å². The molecule has 1 N–H and O–H groups in total. The monoisotopic (exact) mass is 240 g/mol. The molecule has 0 aliphatic rings. The SMILES string of the molecule is Cc1ccc(S(=O)(=O)/C=C/CC(=O)O)cc1. The van der Waals surface area contributed by atoms with Crippen molar-refractivity contribution >= 4 is 15.8 Å². The number of benzene rings is 1. The zero-order chi connectivity index (χ0) is 12.2. The number of sulfone groups is 1. The molecule has 86 valence electrons. The van der Waals surface area contributed by atoms with Gasteiger partial charge in [0.2, 0.25) is 0 Å². The fourth-order valence-corrected chi connectivity index (χ4v) is 2.10. The normalized spacial score (nSPS) is 11.8. The third-order valence-electron chi connectivity index (χ3n) is 1.92. The van der Waals surface area contributed by atoms with Crippen LogP contribution in [0, 0.1) is 6.92 Å². The zero-order valence-corrected chi connectivity index (χ0v) is 9.57. The van der Waals surface area contributed by atoms with Crippen LogP contribution in [0.3, 0.4) is 0 Å². The summed E-state index contributed by atoms with van der Waals surface area (Å²) in [5, 5.41) is 9.29. The number of hydrogen-bond acceptors (Lipinski definition) is 3. The zero-order valence-electron chi connectivity index (χ0n) is 8.75. The molecule has 4 nitrogen and oxygen atoms in total. The van der Waals surface area contributed by atoms with Crippen LogP contribution in [0.5, 0.6) is 0 Å². The van der Waals surface area contributed by atoms with Gasteiger partial charge in [-0.2, -0.15) is 0 Å². The van der Waals surface area contributed by atoms with Gasteiger partial charge in [-0.1, -0.05) is 23.8 Å². The lowest BCUT2D eigenvalue weighted by Crippen LogP contribution is -1.97. The Hall–Kier alpha value is -1.62. The van der Waals surface area contributed by atoms with E-state index in [4.69, 9.17) is 5.11 Å². The number of aryl methyl sites for hydroxylation is 1. The second kappa shape index (κ2) is 4.94. The van der Waals surface area contributed by atoms with E-state index >= 15 is 0 Å². The highest BCUT2D eigenvalue weighted by atomic mass is 32.2. The molecule has 0 fully saturated rings. The van der Waals surface area contributed by atoms with Gasteiger partial charge in [-0.25, -0.2) is 8.42 Å². The van der Waals surface area contributed by atoms with Gasteiger partial charge < -0.3 is 5.11 Å². The Bertz CT molecular complexity index is 497. The first-order valence-corrected chi connectivity index (χ1v) is 6.16. The predicted molar refractivity (Wildman–Crippen MR) is 59.8 cm³/mol. The molecule has 0 radical (unpaired) electrons. The molecule has 0 amide bonds. The maximum atomic E-state index is 11.6. The highest BCUT2D eigenvalue weighted by molar-refractivity contribution is 7.94. The average molecular weight is 240 g/mol. The Morgan fingerprint density at radius 3 is 2.38 bits per heavy atom. The van der Waals surface area contributed by atoms with Crippen molar-refractivity contribution in [1.29, 1.82) is 0 Å². The number of rotatable bonds is 4. The lowest BCUT2D eigenvalue weighted by atomic mass is 10.2. The number of hydrogen-bond donors (Lipinski definition) is 1. The fraction of sp³-hybridized carbons (Fsp3) is 0.182. The van der Waals surface area contributed by atoms with Crippen molar-refractivity contribution in [2.45, 2.75) is 18.2 Å². The lowest BCUT2D eigenvalue weighted by molar-refractivity contribution is -0.135.